The van der Waals surface area contributed by atoms with Crippen LogP contribution < -0.4 is 4.90 Å². The maximum atomic E-state index is 12.7. The summed E-state index contributed by atoms with van der Waals surface area (Å²) in [5, 5.41) is 0. The Morgan fingerprint density at radius 2 is 1.84 bits per heavy atom. The number of sulfonamides is 1. The van der Waals surface area contributed by atoms with Crippen LogP contribution in [0.1, 0.15) is 10.4 Å². The highest BCUT2D eigenvalue weighted by atomic mass is 32.2. The number of fused-ring (bicyclic) bond motifs is 1. The summed E-state index contributed by atoms with van der Waals surface area (Å²) in [6, 6.07) is 9.67. The fourth-order valence-corrected chi connectivity index (χ4v) is 5.94. The number of nitrogens with one attached hydrogen (secondary N) is 1. The van der Waals surface area contributed by atoms with Crippen molar-refractivity contribution in [3.63, 3.8) is 0 Å². The second kappa shape index (κ2) is 6.12. The van der Waals surface area contributed by atoms with Crippen LogP contribution in [-0.4, -0.2) is 48.9 Å². The normalized spacial score (nSPS) is 16.6. The van der Waals surface area contributed by atoms with Gasteiger partial charge in [-0.1, -0.05) is 6.07 Å². The smallest absolute Gasteiger partial charge is 0.252 e. The number of nitrogens with zero attached hydrogens (tertiary/aromatic N) is 3. The van der Waals surface area contributed by atoms with E-state index < -0.39 is 10.0 Å². The number of anilines is 1. The van der Waals surface area contributed by atoms with Crippen LogP contribution in [0.15, 0.2) is 34.5 Å². The van der Waals surface area contributed by atoms with Crippen LogP contribution in [0.4, 0.5) is 5.95 Å². The van der Waals surface area contributed by atoms with Gasteiger partial charge in [0.25, 0.3) is 10.0 Å². The minimum atomic E-state index is -3.38. The Morgan fingerprint density at radius 3 is 2.52 bits per heavy atom. The second-order valence-corrected chi connectivity index (χ2v) is 9.79. The van der Waals surface area contributed by atoms with Crippen LogP contribution >= 0.6 is 11.3 Å². The van der Waals surface area contributed by atoms with Gasteiger partial charge in [-0.2, -0.15) is 4.31 Å². The van der Waals surface area contributed by atoms with Crippen LogP contribution in [0.5, 0.6) is 0 Å². The lowest BCUT2D eigenvalue weighted by Gasteiger charge is -2.33. The number of imidazole rings is 1. The number of hydrogen-bond acceptors (Lipinski definition) is 5. The van der Waals surface area contributed by atoms with Crippen LogP contribution in [0.2, 0.25) is 0 Å². The highest BCUT2D eigenvalue weighted by molar-refractivity contribution is 7.91. The first-order valence-corrected chi connectivity index (χ1v) is 10.5. The number of thiophene rings is 1. The molecule has 0 unspecified atom stereocenters. The Labute approximate surface area is 151 Å². The lowest BCUT2D eigenvalue weighted by atomic mass is 10.2. The van der Waals surface area contributed by atoms with E-state index >= 15 is 0 Å². The molecule has 0 radical (unpaired) electrons. The molecule has 1 N–H and O–H groups in total. The number of aromatic amines is 1. The average Bonchev–Trinajstić information content (AvgIpc) is 3.21. The molecule has 0 aliphatic carbocycles. The van der Waals surface area contributed by atoms with Gasteiger partial charge in [-0.3, -0.25) is 0 Å². The Bertz CT molecular complexity index is 1010. The number of piperazine rings is 1. The molecular weight excluding hydrogens is 356 g/mol. The predicted octanol–water partition coefficient (Wildman–Crippen LogP) is 2.75. The Morgan fingerprint density at radius 1 is 1.08 bits per heavy atom. The van der Waals surface area contributed by atoms with Gasteiger partial charge < -0.3 is 9.88 Å². The third-order valence-corrected chi connectivity index (χ3v) is 7.84. The van der Waals surface area contributed by atoms with E-state index in [2.05, 4.69) is 27.9 Å². The minimum Gasteiger partial charge on any atom is -0.340 e. The van der Waals surface area contributed by atoms with Gasteiger partial charge in [0.2, 0.25) is 5.95 Å². The summed E-state index contributed by atoms with van der Waals surface area (Å²) in [7, 11) is -3.38. The van der Waals surface area contributed by atoms with Gasteiger partial charge in [0.05, 0.1) is 11.0 Å². The molecule has 1 aromatic carbocycles. The highest BCUT2D eigenvalue weighted by Gasteiger charge is 2.30. The van der Waals surface area contributed by atoms with Crippen LogP contribution in [0.25, 0.3) is 11.0 Å². The molecule has 1 aliphatic heterocycles. The van der Waals surface area contributed by atoms with E-state index in [1.165, 1.54) is 16.9 Å². The molecule has 0 spiro atoms. The molecule has 1 fully saturated rings. The molecule has 1 saturated heterocycles. The van der Waals surface area contributed by atoms with Crippen molar-refractivity contribution in [3.05, 3.63) is 40.8 Å². The molecule has 132 valence electrons. The number of benzene rings is 1. The predicted molar refractivity (Wildman–Crippen MR) is 101 cm³/mol. The molecular formula is C17H20N4O2S2. The zero-order valence-electron chi connectivity index (χ0n) is 14.2. The Hall–Kier alpha value is -1.90. The Balaban J connectivity index is 1.50. The first-order valence-electron chi connectivity index (χ1n) is 8.21. The van der Waals surface area contributed by atoms with Crippen molar-refractivity contribution in [2.24, 2.45) is 0 Å². The van der Waals surface area contributed by atoms with Crippen molar-refractivity contribution in [1.82, 2.24) is 14.3 Å². The monoisotopic (exact) mass is 376 g/mol. The van der Waals surface area contributed by atoms with Crippen molar-refractivity contribution in [2.45, 2.75) is 18.1 Å². The fraction of sp³-hybridized carbons (Fsp3) is 0.353. The van der Waals surface area contributed by atoms with Gasteiger partial charge in [-0.15, -0.1) is 11.3 Å². The van der Waals surface area contributed by atoms with Crippen LogP contribution in [-0.2, 0) is 10.0 Å². The van der Waals surface area contributed by atoms with E-state index in [1.807, 2.05) is 25.1 Å². The molecule has 3 heterocycles. The van der Waals surface area contributed by atoms with Crippen molar-refractivity contribution in [3.8, 4) is 0 Å². The Kier molecular flexibility index (Phi) is 4.05. The first-order chi connectivity index (χ1) is 11.9. The minimum absolute atomic E-state index is 0.428. The van der Waals surface area contributed by atoms with Crippen molar-refractivity contribution in [1.29, 1.82) is 0 Å². The molecule has 2 aromatic heterocycles. The molecule has 8 heteroatoms. The quantitative estimate of drug-likeness (QED) is 0.763. The van der Waals surface area contributed by atoms with Crippen molar-refractivity contribution in [2.75, 3.05) is 31.1 Å². The summed E-state index contributed by atoms with van der Waals surface area (Å²) >= 11 is 1.33. The maximum absolute atomic E-state index is 12.7. The van der Waals surface area contributed by atoms with Gasteiger partial charge in [-0.05, 0) is 43.7 Å². The number of H-pyrrole nitrogens is 1. The standard InChI is InChI=1S/C17H20N4O2S2/c1-12-3-5-14-15(11-12)19-17(18-14)20-7-9-21(10-8-20)25(22,23)16-6-4-13(2)24-16/h3-6,11H,7-10H2,1-2H3,(H,18,19). The number of rotatable bonds is 3. The zero-order chi connectivity index (χ0) is 17.6. The summed E-state index contributed by atoms with van der Waals surface area (Å²) in [5.74, 6) is 0.810. The molecule has 3 aromatic rings. The third kappa shape index (κ3) is 3.05. The number of hydrogen-bond donors (Lipinski definition) is 1. The molecule has 1 aliphatic rings. The molecule has 0 atom stereocenters. The van der Waals surface area contributed by atoms with Gasteiger partial charge in [0.15, 0.2) is 0 Å². The summed E-state index contributed by atoms with van der Waals surface area (Å²) in [5.41, 5.74) is 3.13. The molecule has 0 bridgehead atoms. The van der Waals surface area contributed by atoms with Crippen molar-refractivity contribution >= 4 is 38.3 Å². The zero-order valence-corrected chi connectivity index (χ0v) is 15.8. The maximum Gasteiger partial charge on any atom is 0.252 e. The fourth-order valence-electron chi connectivity index (χ4n) is 3.08. The summed E-state index contributed by atoms with van der Waals surface area (Å²) in [6.07, 6.45) is 0. The van der Waals surface area contributed by atoms with Gasteiger partial charge in [0, 0.05) is 31.1 Å². The molecule has 6 nitrogen and oxygen atoms in total. The largest absolute Gasteiger partial charge is 0.340 e. The van der Waals surface area contributed by atoms with E-state index in [-0.39, 0.29) is 0 Å². The molecule has 0 saturated carbocycles. The van der Waals surface area contributed by atoms with Crippen LogP contribution in [0.3, 0.4) is 0 Å². The number of aryl methyl sites for hydroxylation is 2. The van der Waals surface area contributed by atoms with Crippen LogP contribution in [0, 0.1) is 13.8 Å². The molecule has 0 amide bonds. The van der Waals surface area contributed by atoms with E-state index in [0.717, 1.165) is 21.9 Å². The van der Waals surface area contributed by atoms with E-state index in [1.54, 1.807) is 10.4 Å². The molecule has 4 rings (SSSR count). The second-order valence-electron chi connectivity index (χ2n) is 6.34. The van der Waals surface area contributed by atoms with Gasteiger partial charge in [0.1, 0.15) is 4.21 Å². The highest BCUT2D eigenvalue weighted by Crippen LogP contribution is 2.26. The lowest BCUT2D eigenvalue weighted by molar-refractivity contribution is 0.384. The first kappa shape index (κ1) is 16.6. The van der Waals surface area contributed by atoms with E-state index in [0.29, 0.717) is 30.4 Å². The van der Waals surface area contributed by atoms with E-state index in [9.17, 15) is 8.42 Å². The SMILES string of the molecule is Cc1ccc2nc(N3CCN(S(=O)(=O)c4ccc(C)s4)CC3)[nH]c2c1. The average molecular weight is 377 g/mol. The third-order valence-electron chi connectivity index (χ3n) is 4.47. The lowest BCUT2D eigenvalue weighted by Crippen LogP contribution is -2.48. The summed E-state index contributed by atoms with van der Waals surface area (Å²) in [6.45, 7) is 6.16. The summed E-state index contributed by atoms with van der Waals surface area (Å²) < 4.78 is 27.4. The van der Waals surface area contributed by atoms with E-state index in [4.69, 9.17) is 0 Å². The van der Waals surface area contributed by atoms with Gasteiger partial charge >= 0.3 is 0 Å². The van der Waals surface area contributed by atoms with Gasteiger partial charge in [-0.25, -0.2) is 13.4 Å². The molecule has 25 heavy (non-hydrogen) atoms. The van der Waals surface area contributed by atoms with Crippen molar-refractivity contribution < 1.29 is 8.42 Å². The topological polar surface area (TPSA) is 69.3 Å². The number of aromatic nitrogens is 2. The summed E-state index contributed by atoms with van der Waals surface area (Å²) in [4.78, 5) is 11.1.